The van der Waals surface area contributed by atoms with E-state index in [9.17, 15) is 30.3 Å². The van der Waals surface area contributed by atoms with Crippen LogP contribution in [-0.4, -0.2) is 87.5 Å². The molecule has 1 saturated heterocycles. The summed E-state index contributed by atoms with van der Waals surface area (Å²) < 4.78 is 11.2. The van der Waals surface area contributed by atoms with Crippen LogP contribution in [0.25, 0.3) is 0 Å². The number of aliphatic hydroxyl groups excluding tert-OH is 5. The second-order valence-electron chi connectivity index (χ2n) is 19.0. The van der Waals surface area contributed by atoms with Gasteiger partial charge in [0.25, 0.3) is 0 Å². The Morgan fingerprint density at radius 2 is 0.912 bits per heavy atom. The monoisotopic (exact) mass is 954 g/mol. The summed E-state index contributed by atoms with van der Waals surface area (Å²) in [6.45, 7) is 3.66. The number of hydrogen-bond donors (Lipinski definition) is 6. The zero-order valence-corrected chi connectivity index (χ0v) is 43.3. The van der Waals surface area contributed by atoms with E-state index in [0.29, 0.717) is 6.42 Å². The molecular weight excluding hydrogens is 851 g/mol. The molecule has 1 aliphatic heterocycles. The van der Waals surface area contributed by atoms with Gasteiger partial charge in [0.15, 0.2) is 6.29 Å². The maximum atomic E-state index is 13.0. The summed E-state index contributed by atoms with van der Waals surface area (Å²) >= 11 is 0. The number of allylic oxidation sites excluding steroid dienone is 13. The molecule has 7 unspecified atom stereocenters. The van der Waals surface area contributed by atoms with Gasteiger partial charge in [-0.05, 0) is 70.6 Å². The number of carbonyl (C=O) groups excluding carboxylic acids is 1. The molecule has 9 nitrogen and oxygen atoms in total. The number of rotatable bonds is 46. The maximum Gasteiger partial charge on any atom is 0.220 e. The first-order valence-electron chi connectivity index (χ1n) is 27.8. The first kappa shape index (κ1) is 63.4. The number of carbonyl (C=O) groups is 1. The van der Waals surface area contributed by atoms with Crippen LogP contribution in [0.4, 0.5) is 0 Å². The predicted octanol–water partition coefficient (Wildman–Crippen LogP) is 13.5. The number of amides is 1. The number of hydrogen-bond acceptors (Lipinski definition) is 8. The van der Waals surface area contributed by atoms with E-state index in [1.54, 1.807) is 6.08 Å². The zero-order chi connectivity index (χ0) is 49.4. The van der Waals surface area contributed by atoms with E-state index in [4.69, 9.17) is 9.47 Å². The van der Waals surface area contributed by atoms with Crippen molar-refractivity contribution in [1.29, 1.82) is 0 Å². The third-order valence-corrected chi connectivity index (χ3v) is 12.7. The summed E-state index contributed by atoms with van der Waals surface area (Å²) in [7, 11) is 0. The first-order chi connectivity index (χ1) is 33.3. The largest absolute Gasteiger partial charge is 0.394 e. The van der Waals surface area contributed by atoms with E-state index in [-0.39, 0.29) is 12.5 Å². The number of unbranched alkanes of at least 4 members (excludes halogenated alkanes) is 24. The van der Waals surface area contributed by atoms with Crippen molar-refractivity contribution in [3.8, 4) is 0 Å². The highest BCUT2D eigenvalue weighted by Gasteiger charge is 2.44. The van der Waals surface area contributed by atoms with Gasteiger partial charge in [-0.3, -0.25) is 4.79 Å². The van der Waals surface area contributed by atoms with Crippen molar-refractivity contribution in [2.75, 3.05) is 13.2 Å². The molecule has 0 aromatic rings. The molecule has 68 heavy (non-hydrogen) atoms. The molecule has 1 rings (SSSR count). The van der Waals surface area contributed by atoms with Crippen LogP contribution in [0.3, 0.4) is 0 Å². The lowest BCUT2D eigenvalue weighted by atomic mass is 9.99. The number of nitrogens with one attached hydrogen (secondary N) is 1. The van der Waals surface area contributed by atoms with E-state index in [1.165, 1.54) is 128 Å². The van der Waals surface area contributed by atoms with Gasteiger partial charge in [0, 0.05) is 6.42 Å². The van der Waals surface area contributed by atoms with Crippen LogP contribution in [0.2, 0.25) is 0 Å². The van der Waals surface area contributed by atoms with Crippen LogP contribution >= 0.6 is 0 Å². The maximum absolute atomic E-state index is 13.0. The molecule has 0 radical (unpaired) electrons. The summed E-state index contributed by atoms with van der Waals surface area (Å²) in [5.41, 5.74) is 0. The minimum atomic E-state index is -1.57. The fraction of sp³-hybridized carbons (Fsp3) is 0.746. The van der Waals surface area contributed by atoms with Crippen molar-refractivity contribution in [1.82, 2.24) is 5.32 Å². The van der Waals surface area contributed by atoms with Crippen molar-refractivity contribution >= 4 is 5.91 Å². The second kappa shape index (κ2) is 48.0. The highest BCUT2D eigenvalue weighted by molar-refractivity contribution is 5.76. The summed E-state index contributed by atoms with van der Waals surface area (Å²) in [6.07, 6.45) is 60.7. The molecule has 9 heteroatoms. The molecule has 1 amide bonds. The van der Waals surface area contributed by atoms with E-state index >= 15 is 0 Å². The molecule has 6 N–H and O–H groups in total. The van der Waals surface area contributed by atoms with Crippen LogP contribution in [0.5, 0.6) is 0 Å². The van der Waals surface area contributed by atoms with Gasteiger partial charge in [0.05, 0.1) is 25.4 Å². The Kier molecular flexibility index (Phi) is 44.8. The van der Waals surface area contributed by atoms with Crippen molar-refractivity contribution in [3.05, 3.63) is 85.1 Å². The van der Waals surface area contributed by atoms with Gasteiger partial charge >= 0.3 is 0 Å². The smallest absolute Gasteiger partial charge is 0.220 e. The van der Waals surface area contributed by atoms with E-state index < -0.39 is 49.5 Å². The van der Waals surface area contributed by atoms with Crippen molar-refractivity contribution in [2.45, 2.75) is 269 Å². The quantitative estimate of drug-likeness (QED) is 0.0261. The minimum Gasteiger partial charge on any atom is -0.394 e. The lowest BCUT2D eigenvalue weighted by Crippen LogP contribution is -2.60. The molecule has 7 atom stereocenters. The minimum absolute atomic E-state index is 0.182. The summed E-state index contributed by atoms with van der Waals surface area (Å²) in [5.74, 6) is -0.182. The average molecular weight is 954 g/mol. The van der Waals surface area contributed by atoms with Gasteiger partial charge in [-0.15, -0.1) is 0 Å². The molecule has 0 aromatic carbocycles. The van der Waals surface area contributed by atoms with E-state index in [0.717, 1.165) is 77.0 Å². The molecule has 0 bridgehead atoms. The van der Waals surface area contributed by atoms with Gasteiger partial charge in [-0.25, -0.2) is 0 Å². The van der Waals surface area contributed by atoms with E-state index in [1.807, 2.05) is 6.08 Å². The van der Waals surface area contributed by atoms with Crippen LogP contribution in [-0.2, 0) is 14.3 Å². The highest BCUT2D eigenvalue weighted by Crippen LogP contribution is 2.23. The van der Waals surface area contributed by atoms with Crippen LogP contribution < -0.4 is 5.32 Å². The second-order valence-corrected chi connectivity index (χ2v) is 19.0. The molecule has 0 aromatic heterocycles. The Balaban J connectivity index is 2.19. The third kappa shape index (κ3) is 37.2. The number of ether oxygens (including phenoxy) is 2. The fourth-order valence-corrected chi connectivity index (χ4v) is 8.34. The number of aliphatic hydroxyl groups is 5. The summed E-state index contributed by atoms with van der Waals surface area (Å²) in [6, 6.07) is -0.810. The van der Waals surface area contributed by atoms with Gasteiger partial charge in [-0.2, -0.15) is 0 Å². The molecule has 0 spiro atoms. The van der Waals surface area contributed by atoms with Gasteiger partial charge < -0.3 is 40.3 Å². The molecule has 1 aliphatic rings. The predicted molar refractivity (Wildman–Crippen MR) is 285 cm³/mol. The van der Waals surface area contributed by atoms with Crippen LogP contribution in [0.15, 0.2) is 85.1 Å². The molecule has 1 fully saturated rings. The average Bonchev–Trinajstić information content (AvgIpc) is 3.34. The van der Waals surface area contributed by atoms with Crippen LogP contribution in [0.1, 0.15) is 226 Å². The van der Waals surface area contributed by atoms with E-state index in [2.05, 4.69) is 92.1 Å². The SMILES string of the molecule is CC/C=C\C/C=C\C/C=C\C/C=C\C/C=C\C/C=C\CCCCCCCCCCCCCCC(=O)NC(COC1OC(CO)C(O)C(O)C1O)C(O)/C=C/CCCCCCCCCCCCCC. The van der Waals surface area contributed by atoms with Gasteiger partial charge in [0.2, 0.25) is 5.91 Å². The zero-order valence-electron chi connectivity index (χ0n) is 43.3. The Bertz CT molecular complexity index is 1340. The standard InChI is InChI=1S/C59H103NO8/c1-3-5-7-9-11-13-15-17-19-20-21-22-23-24-25-26-27-28-29-30-31-32-33-34-35-37-39-41-43-45-47-49-55(63)60-52(51-67-59-58(66)57(65)56(64)54(50-61)68-59)53(62)48-46-44-42-40-38-36-18-16-14-12-10-8-6-4-2/h5,7,11,13,17,19,21-22,24-25,27-28,46,48,52-54,56-59,61-62,64-66H,3-4,6,8-10,12,14-16,18,20,23,26,29-45,47,49-51H2,1-2H3,(H,60,63)/b7-5-,13-11-,19-17-,22-21-,25-24-,28-27-,48-46+. The Morgan fingerprint density at radius 3 is 1.35 bits per heavy atom. The Hall–Kier alpha value is -2.63. The lowest BCUT2D eigenvalue weighted by molar-refractivity contribution is -0.302. The molecule has 1 heterocycles. The van der Waals surface area contributed by atoms with Crippen molar-refractivity contribution in [2.24, 2.45) is 0 Å². The topological polar surface area (TPSA) is 149 Å². The molecular formula is C59H103NO8. The third-order valence-electron chi connectivity index (χ3n) is 12.7. The molecule has 392 valence electrons. The van der Waals surface area contributed by atoms with Crippen molar-refractivity contribution < 1.29 is 39.8 Å². The van der Waals surface area contributed by atoms with Gasteiger partial charge in [0.1, 0.15) is 24.4 Å². The Labute approximate surface area is 416 Å². The highest BCUT2D eigenvalue weighted by atomic mass is 16.7. The Morgan fingerprint density at radius 1 is 0.515 bits per heavy atom. The first-order valence-corrected chi connectivity index (χ1v) is 27.8. The van der Waals surface area contributed by atoms with Gasteiger partial charge in [-0.1, -0.05) is 234 Å². The fourth-order valence-electron chi connectivity index (χ4n) is 8.34. The van der Waals surface area contributed by atoms with Crippen molar-refractivity contribution in [3.63, 3.8) is 0 Å². The van der Waals surface area contributed by atoms with Crippen LogP contribution in [0, 0.1) is 0 Å². The normalized spacial score (nSPS) is 20.2. The molecule has 0 aliphatic carbocycles. The summed E-state index contributed by atoms with van der Waals surface area (Å²) in [5, 5.41) is 54.4. The summed E-state index contributed by atoms with van der Waals surface area (Å²) in [4.78, 5) is 13.0. The lowest BCUT2D eigenvalue weighted by Gasteiger charge is -2.40. The molecule has 0 saturated carbocycles.